The molecular weight excluding hydrogens is 244 g/mol. The fraction of sp³-hybridized carbons (Fsp3) is 0.615. The molecule has 2 aromatic heterocycles. The maximum absolute atomic E-state index is 4.82. The Labute approximate surface area is 112 Å². The molecule has 0 saturated carbocycles. The number of anilines is 1. The van der Waals surface area contributed by atoms with Gasteiger partial charge in [0.1, 0.15) is 0 Å². The third kappa shape index (κ3) is 2.12. The number of thiazole rings is 1. The van der Waals surface area contributed by atoms with Crippen molar-refractivity contribution < 1.29 is 0 Å². The molecule has 18 heavy (non-hydrogen) atoms. The summed E-state index contributed by atoms with van der Waals surface area (Å²) in [5, 5.41) is 5.37. The highest BCUT2D eigenvalue weighted by atomic mass is 32.1. The van der Waals surface area contributed by atoms with Crippen LogP contribution in [0.1, 0.15) is 31.4 Å². The molecule has 1 saturated heterocycles. The van der Waals surface area contributed by atoms with E-state index in [4.69, 9.17) is 4.98 Å². The molecule has 1 aliphatic heterocycles. The van der Waals surface area contributed by atoms with E-state index in [1.54, 1.807) is 11.3 Å². The van der Waals surface area contributed by atoms with Gasteiger partial charge in [-0.15, -0.1) is 11.3 Å². The predicted octanol–water partition coefficient (Wildman–Crippen LogP) is 2.50. The van der Waals surface area contributed by atoms with Crippen molar-refractivity contribution in [3.8, 4) is 0 Å². The molecule has 98 valence electrons. The van der Waals surface area contributed by atoms with E-state index in [-0.39, 0.29) is 0 Å². The predicted molar refractivity (Wildman–Crippen MR) is 76.5 cm³/mol. The van der Waals surface area contributed by atoms with Gasteiger partial charge in [-0.3, -0.25) is 4.40 Å². The first-order chi connectivity index (χ1) is 8.90. The van der Waals surface area contributed by atoms with Crippen molar-refractivity contribution in [1.82, 2.24) is 14.7 Å². The Bertz CT molecular complexity index is 508. The molecule has 4 nitrogen and oxygen atoms in total. The van der Waals surface area contributed by atoms with E-state index in [9.17, 15) is 0 Å². The summed E-state index contributed by atoms with van der Waals surface area (Å²) < 4.78 is 2.22. The Hall–Kier alpha value is -1.07. The minimum absolute atomic E-state index is 0.879. The van der Waals surface area contributed by atoms with Crippen LogP contribution in [-0.4, -0.2) is 29.5 Å². The first kappa shape index (κ1) is 12.0. The van der Waals surface area contributed by atoms with Crippen LogP contribution in [0.2, 0.25) is 0 Å². The van der Waals surface area contributed by atoms with Crippen LogP contribution in [0.15, 0.2) is 11.6 Å². The van der Waals surface area contributed by atoms with Crippen molar-refractivity contribution in [3.05, 3.63) is 17.3 Å². The first-order valence-electron chi connectivity index (χ1n) is 6.74. The average molecular weight is 264 g/mol. The Kier molecular flexibility index (Phi) is 3.52. The van der Waals surface area contributed by atoms with Crippen LogP contribution in [0.3, 0.4) is 0 Å². The normalized spacial score (nSPS) is 17.3. The Morgan fingerprint density at radius 2 is 2.06 bits per heavy atom. The van der Waals surface area contributed by atoms with Crippen LogP contribution in [-0.2, 0) is 6.54 Å². The minimum Gasteiger partial charge on any atom is -0.355 e. The lowest BCUT2D eigenvalue weighted by atomic mass is 10.2. The lowest BCUT2D eigenvalue weighted by Crippen LogP contribution is -2.26. The second-order valence-electron chi connectivity index (χ2n) is 4.87. The molecule has 1 aliphatic rings. The number of nitrogens with one attached hydrogen (secondary N) is 1. The smallest absolute Gasteiger partial charge is 0.195 e. The highest BCUT2D eigenvalue weighted by Crippen LogP contribution is 2.26. The van der Waals surface area contributed by atoms with E-state index in [2.05, 4.69) is 26.2 Å². The number of fused-ring (bicyclic) bond motifs is 1. The van der Waals surface area contributed by atoms with E-state index >= 15 is 0 Å². The van der Waals surface area contributed by atoms with Crippen molar-refractivity contribution in [1.29, 1.82) is 0 Å². The SMILES string of the molecule is CNCc1c(N2CCCCCC2)nc2sccn12. The summed E-state index contributed by atoms with van der Waals surface area (Å²) >= 11 is 1.71. The van der Waals surface area contributed by atoms with E-state index in [0.29, 0.717) is 0 Å². The standard InChI is InChI=1S/C13H20N4S/c1-14-10-11-12(15-13-17(11)8-9-18-13)16-6-4-2-3-5-7-16/h8-9,14H,2-7,10H2,1H3. The lowest BCUT2D eigenvalue weighted by molar-refractivity contribution is 0.726. The molecule has 1 N–H and O–H groups in total. The van der Waals surface area contributed by atoms with Crippen molar-refractivity contribution in [2.75, 3.05) is 25.0 Å². The van der Waals surface area contributed by atoms with Gasteiger partial charge in [0.25, 0.3) is 0 Å². The summed E-state index contributed by atoms with van der Waals surface area (Å²) in [6.07, 6.45) is 7.44. The summed E-state index contributed by atoms with van der Waals surface area (Å²) in [5.41, 5.74) is 1.30. The van der Waals surface area contributed by atoms with Gasteiger partial charge in [0.2, 0.25) is 0 Å². The zero-order valence-electron chi connectivity index (χ0n) is 10.9. The van der Waals surface area contributed by atoms with Gasteiger partial charge < -0.3 is 10.2 Å². The maximum atomic E-state index is 4.82. The summed E-state index contributed by atoms with van der Waals surface area (Å²) in [5.74, 6) is 1.19. The van der Waals surface area contributed by atoms with Crippen molar-refractivity contribution in [2.45, 2.75) is 32.2 Å². The number of hydrogen-bond donors (Lipinski definition) is 1. The molecule has 0 aliphatic carbocycles. The Balaban J connectivity index is 1.97. The van der Waals surface area contributed by atoms with Gasteiger partial charge in [-0.05, 0) is 19.9 Å². The fourth-order valence-electron chi connectivity index (χ4n) is 2.69. The molecule has 0 spiro atoms. The number of imidazole rings is 1. The summed E-state index contributed by atoms with van der Waals surface area (Å²) in [7, 11) is 2.00. The van der Waals surface area contributed by atoms with Gasteiger partial charge >= 0.3 is 0 Å². The van der Waals surface area contributed by atoms with Crippen molar-refractivity contribution >= 4 is 22.1 Å². The summed E-state index contributed by atoms with van der Waals surface area (Å²) in [4.78, 5) is 8.41. The van der Waals surface area contributed by atoms with Crippen LogP contribution in [0.4, 0.5) is 5.82 Å². The molecule has 3 heterocycles. The second kappa shape index (κ2) is 5.28. The highest BCUT2D eigenvalue weighted by molar-refractivity contribution is 7.15. The molecule has 0 atom stereocenters. The van der Waals surface area contributed by atoms with E-state index in [1.165, 1.54) is 37.2 Å². The van der Waals surface area contributed by atoms with Gasteiger partial charge in [0.15, 0.2) is 10.8 Å². The molecule has 0 aromatic carbocycles. The van der Waals surface area contributed by atoms with E-state index in [0.717, 1.165) is 24.6 Å². The zero-order valence-corrected chi connectivity index (χ0v) is 11.7. The number of aromatic nitrogens is 2. The van der Waals surface area contributed by atoms with Gasteiger partial charge in [0.05, 0.1) is 5.69 Å². The van der Waals surface area contributed by atoms with Crippen molar-refractivity contribution in [3.63, 3.8) is 0 Å². The van der Waals surface area contributed by atoms with Gasteiger partial charge in [-0.2, -0.15) is 0 Å². The molecule has 2 aromatic rings. The fourth-order valence-corrected chi connectivity index (χ4v) is 3.42. The largest absolute Gasteiger partial charge is 0.355 e. The average Bonchev–Trinajstić information content (AvgIpc) is 2.83. The van der Waals surface area contributed by atoms with Gasteiger partial charge in [-0.25, -0.2) is 4.98 Å². The second-order valence-corrected chi connectivity index (χ2v) is 5.74. The number of hydrogen-bond acceptors (Lipinski definition) is 4. The van der Waals surface area contributed by atoms with Crippen LogP contribution in [0.25, 0.3) is 4.96 Å². The molecule has 0 radical (unpaired) electrons. The van der Waals surface area contributed by atoms with Crippen molar-refractivity contribution in [2.24, 2.45) is 0 Å². The van der Waals surface area contributed by atoms with Crippen LogP contribution in [0, 0.1) is 0 Å². The van der Waals surface area contributed by atoms with E-state index in [1.807, 2.05) is 7.05 Å². The molecule has 5 heteroatoms. The Morgan fingerprint density at radius 3 is 2.78 bits per heavy atom. The molecule has 0 unspecified atom stereocenters. The third-order valence-electron chi connectivity index (χ3n) is 3.59. The highest BCUT2D eigenvalue weighted by Gasteiger charge is 2.19. The summed E-state index contributed by atoms with van der Waals surface area (Å²) in [6.45, 7) is 3.19. The molecule has 1 fully saturated rings. The van der Waals surface area contributed by atoms with Crippen LogP contribution >= 0.6 is 11.3 Å². The molecule has 3 rings (SSSR count). The summed E-state index contributed by atoms with van der Waals surface area (Å²) in [6, 6.07) is 0. The Morgan fingerprint density at radius 1 is 1.28 bits per heavy atom. The molecule has 0 bridgehead atoms. The van der Waals surface area contributed by atoms with E-state index < -0.39 is 0 Å². The van der Waals surface area contributed by atoms with Gasteiger partial charge in [-0.1, -0.05) is 12.8 Å². The number of nitrogens with zero attached hydrogens (tertiary/aromatic N) is 3. The monoisotopic (exact) mass is 264 g/mol. The van der Waals surface area contributed by atoms with Crippen LogP contribution < -0.4 is 10.2 Å². The third-order valence-corrected chi connectivity index (χ3v) is 4.35. The quantitative estimate of drug-likeness (QED) is 0.924. The van der Waals surface area contributed by atoms with Crippen LogP contribution in [0.5, 0.6) is 0 Å². The number of rotatable bonds is 3. The zero-order chi connectivity index (χ0) is 12.4. The first-order valence-corrected chi connectivity index (χ1v) is 7.62. The minimum atomic E-state index is 0.879. The lowest BCUT2D eigenvalue weighted by Gasteiger charge is -2.21. The molecular formula is C13H20N4S. The molecule has 0 amide bonds. The topological polar surface area (TPSA) is 32.6 Å². The van der Waals surface area contributed by atoms with Gasteiger partial charge in [0, 0.05) is 31.2 Å². The maximum Gasteiger partial charge on any atom is 0.195 e.